The van der Waals surface area contributed by atoms with Crippen LogP contribution in [0.1, 0.15) is 16.1 Å². The van der Waals surface area contributed by atoms with Gasteiger partial charge in [-0.2, -0.15) is 22.8 Å². The molecule has 12 heteroatoms. The summed E-state index contributed by atoms with van der Waals surface area (Å²) in [5.74, 6) is 0.112. The van der Waals surface area contributed by atoms with Gasteiger partial charge in [-0.15, -0.1) is 0 Å². The van der Waals surface area contributed by atoms with Crippen LogP contribution >= 0.6 is 0 Å². The van der Waals surface area contributed by atoms with Crippen LogP contribution in [0.2, 0.25) is 0 Å². The van der Waals surface area contributed by atoms with Crippen molar-refractivity contribution in [2.75, 3.05) is 36.5 Å². The van der Waals surface area contributed by atoms with Crippen LogP contribution in [0.3, 0.4) is 0 Å². The number of hydrogen-bond acceptors (Lipinski definition) is 7. The summed E-state index contributed by atoms with van der Waals surface area (Å²) >= 11 is 0. The van der Waals surface area contributed by atoms with Gasteiger partial charge < -0.3 is 15.0 Å². The topological polar surface area (TPSA) is 97.5 Å². The lowest BCUT2D eigenvalue weighted by atomic mass is 10.0. The first kappa shape index (κ1) is 21.8. The molecule has 9 nitrogen and oxygen atoms in total. The van der Waals surface area contributed by atoms with Gasteiger partial charge in [-0.1, -0.05) is 18.2 Å². The lowest BCUT2D eigenvalue weighted by Crippen LogP contribution is -2.37. The van der Waals surface area contributed by atoms with Gasteiger partial charge in [0.25, 0.3) is 5.91 Å². The minimum Gasteiger partial charge on any atom is -0.378 e. The Morgan fingerprint density at radius 2 is 1.85 bits per heavy atom. The van der Waals surface area contributed by atoms with E-state index < -0.39 is 17.6 Å². The van der Waals surface area contributed by atoms with Crippen LogP contribution in [0.25, 0.3) is 16.9 Å². The molecule has 0 spiro atoms. The fraction of sp³-hybridized carbons (Fsp3) is 0.227. The van der Waals surface area contributed by atoms with Crippen molar-refractivity contribution in [1.82, 2.24) is 24.6 Å². The standard InChI is InChI=1S/C22H18F3N7O2/c23-22(24,25)15-4-2-1-3-14(15)16-5-6-18-28-19(31-9-11-34-12-10-31)20(32(18)30-16)29-21(33)17-13-26-7-8-27-17/h1-8,13H,9-12H2,(H,29,33). The lowest BCUT2D eigenvalue weighted by molar-refractivity contribution is -0.137. The van der Waals surface area contributed by atoms with E-state index in [0.717, 1.165) is 6.07 Å². The van der Waals surface area contributed by atoms with Crippen LogP contribution in [-0.2, 0) is 10.9 Å². The summed E-state index contributed by atoms with van der Waals surface area (Å²) in [6, 6.07) is 8.24. The minimum absolute atomic E-state index is 0.0731. The molecule has 34 heavy (non-hydrogen) atoms. The molecule has 1 fully saturated rings. The predicted molar refractivity (Wildman–Crippen MR) is 116 cm³/mol. The molecule has 0 radical (unpaired) electrons. The Labute approximate surface area is 191 Å². The molecule has 1 amide bonds. The number of nitrogens with zero attached hydrogens (tertiary/aromatic N) is 6. The van der Waals surface area contributed by atoms with Crippen LogP contribution in [0.15, 0.2) is 55.0 Å². The van der Waals surface area contributed by atoms with Crippen molar-refractivity contribution in [3.8, 4) is 11.3 Å². The van der Waals surface area contributed by atoms with Gasteiger partial charge in [0, 0.05) is 31.0 Å². The van der Waals surface area contributed by atoms with Gasteiger partial charge >= 0.3 is 6.18 Å². The number of imidazole rings is 1. The van der Waals surface area contributed by atoms with E-state index in [4.69, 9.17) is 4.74 Å². The number of aromatic nitrogens is 5. The highest BCUT2D eigenvalue weighted by molar-refractivity contribution is 6.04. The Morgan fingerprint density at radius 1 is 1.06 bits per heavy atom. The van der Waals surface area contributed by atoms with Gasteiger partial charge in [0.1, 0.15) is 5.69 Å². The summed E-state index contributed by atoms with van der Waals surface area (Å²) in [4.78, 5) is 27.3. The summed E-state index contributed by atoms with van der Waals surface area (Å²) in [6.07, 6.45) is -0.414. The van der Waals surface area contributed by atoms with Crippen LogP contribution in [-0.4, -0.2) is 56.8 Å². The normalized spacial score (nSPS) is 14.4. The first-order chi connectivity index (χ1) is 16.4. The molecule has 0 aliphatic carbocycles. The zero-order chi connectivity index (χ0) is 23.7. The molecule has 3 aromatic heterocycles. The van der Waals surface area contributed by atoms with Crippen LogP contribution in [0, 0.1) is 0 Å². The van der Waals surface area contributed by atoms with Crippen molar-refractivity contribution >= 4 is 23.2 Å². The number of hydrogen-bond donors (Lipinski definition) is 1. The zero-order valence-electron chi connectivity index (χ0n) is 17.7. The Morgan fingerprint density at radius 3 is 2.59 bits per heavy atom. The van der Waals surface area contributed by atoms with Gasteiger partial charge in [0.05, 0.1) is 30.7 Å². The number of benzene rings is 1. The second-order valence-corrected chi connectivity index (χ2v) is 7.46. The number of fused-ring (bicyclic) bond motifs is 1. The molecule has 5 rings (SSSR count). The quantitative estimate of drug-likeness (QED) is 0.490. The first-order valence-electron chi connectivity index (χ1n) is 10.4. The van der Waals surface area contributed by atoms with Gasteiger partial charge in [0.15, 0.2) is 17.3 Å². The molecule has 0 atom stereocenters. The molecule has 0 bridgehead atoms. The molecule has 1 aliphatic rings. The average Bonchev–Trinajstić information content (AvgIpc) is 3.22. The Hall–Kier alpha value is -4.06. The molecule has 174 valence electrons. The van der Waals surface area contributed by atoms with E-state index in [9.17, 15) is 18.0 Å². The number of carbonyl (C=O) groups excluding carboxylic acids is 1. The van der Waals surface area contributed by atoms with E-state index in [1.165, 1.54) is 47.4 Å². The van der Waals surface area contributed by atoms with E-state index in [1.807, 2.05) is 4.90 Å². The van der Waals surface area contributed by atoms with E-state index >= 15 is 0 Å². The van der Waals surface area contributed by atoms with Crippen molar-refractivity contribution in [1.29, 1.82) is 0 Å². The number of alkyl halides is 3. The molecule has 1 saturated heterocycles. The summed E-state index contributed by atoms with van der Waals surface area (Å²) in [5.41, 5.74) is -0.361. The van der Waals surface area contributed by atoms with Crippen molar-refractivity contribution in [3.05, 3.63) is 66.2 Å². The highest BCUT2D eigenvalue weighted by atomic mass is 19.4. The molecule has 4 heterocycles. The maximum Gasteiger partial charge on any atom is 0.417 e. The molecule has 0 saturated carbocycles. The van der Waals surface area contributed by atoms with Crippen LogP contribution < -0.4 is 10.2 Å². The number of halogens is 3. The minimum atomic E-state index is -4.55. The second kappa shape index (κ2) is 8.71. The largest absolute Gasteiger partial charge is 0.417 e. The van der Waals surface area contributed by atoms with Gasteiger partial charge in [-0.3, -0.25) is 9.78 Å². The van der Waals surface area contributed by atoms with Gasteiger partial charge in [-0.05, 0) is 18.2 Å². The molecular weight excluding hydrogens is 451 g/mol. The average molecular weight is 469 g/mol. The number of nitrogens with one attached hydrogen (secondary N) is 1. The first-order valence-corrected chi connectivity index (χ1v) is 10.4. The summed E-state index contributed by atoms with van der Waals surface area (Å²) in [7, 11) is 0. The van der Waals surface area contributed by atoms with Crippen molar-refractivity contribution in [2.45, 2.75) is 6.18 Å². The fourth-order valence-electron chi connectivity index (χ4n) is 3.71. The van der Waals surface area contributed by atoms with Gasteiger partial charge in [-0.25, -0.2) is 9.97 Å². The van der Waals surface area contributed by atoms with E-state index in [-0.39, 0.29) is 22.8 Å². The Kier molecular flexibility index (Phi) is 5.57. The summed E-state index contributed by atoms with van der Waals surface area (Å²) in [5, 5.41) is 7.19. The number of amides is 1. The summed E-state index contributed by atoms with van der Waals surface area (Å²) in [6.45, 7) is 2.01. The monoisotopic (exact) mass is 469 g/mol. The van der Waals surface area contributed by atoms with Crippen LogP contribution in [0.5, 0.6) is 0 Å². The van der Waals surface area contributed by atoms with Gasteiger partial charge in [0.2, 0.25) is 0 Å². The number of rotatable bonds is 4. The maximum absolute atomic E-state index is 13.6. The molecule has 4 aromatic rings. The van der Waals surface area contributed by atoms with Crippen LogP contribution in [0.4, 0.5) is 24.8 Å². The number of morpholine rings is 1. The Bertz CT molecular complexity index is 1340. The van der Waals surface area contributed by atoms with E-state index in [1.54, 1.807) is 6.07 Å². The third kappa shape index (κ3) is 4.15. The smallest absolute Gasteiger partial charge is 0.378 e. The lowest BCUT2D eigenvalue weighted by Gasteiger charge is -2.27. The predicted octanol–water partition coefficient (Wildman–Crippen LogP) is 3.29. The molecule has 1 aliphatic heterocycles. The molecule has 0 unspecified atom stereocenters. The molecule has 1 aromatic carbocycles. The number of ether oxygens (including phenoxy) is 1. The number of anilines is 2. The van der Waals surface area contributed by atoms with E-state index in [2.05, 4.69) is 25.4 Å². The molecular formula is C22H18F3N7O2. The third-order valence-electron chi connectivity index (χ3n) is 5.31. The second-order valence-electron chi connectivity index (χ2n) is 7.46. The zero-order valence-corrected chi connectivity index (χ0v) is 17.7. The third-order valence-corrected chi connectivity index (χ3v) is 5.31. The highest BCUT2D eigenvalue weighted by Crippen LogP contribution is 2.37. The van der Waals surface area contributed by atoms with Crippen molar-refractivity contribution < 1.29 is 22.7 Å². The fourth-order valence-corrected chi connectivity index (χ4v) is 3.71. The number of carbonyl (C=O) groups is 1. The Balaban J connectivity index is 1.64. The summed E-state index contributed by atoms with van der Waals surface area (Å²) < 4.78 is 47.5. The maximum atomic E-state index is 13.6. The highest BCUT2D eigenvalue weighted by Gasteiger charge is 2.34. The molecule has 1 N–H and O–H groups in total. The van der Waals surface area contributed by atoms with E-state index in [0.29, 0.717) is 37.8 Å². The van der Waals surface area contributed by atoms with Crippen molar-refractivity contribution in [3.63, 3.8) is 0 Å². The SMILES string of the molecule is O=C(Nc1c(N2CCOCC2)nc2ccc(-c3ccccc3C(F)(F)F)nn12)c1cnccn1. The van der Waals surface area contributed by atoms with Crippen molar-refractivity contribution in [2.24, 2.45) is 0 Å².